The van der Waals surface area contributed by atoms with E-state index in [0.29, 0.717) is 17.9 Å². The Morgan fingerprint density at radius 3 is 2.76 bits per heavy atom. The lowest BCUT2D eigenvalue weighted by Crippen LogP contribution is -2.51. The third-order valence-corrected chi connectivity index (χ3v) is 9.32. The number of ether oxygens (including phenoxy) is 2. The van der Waals surface area contributed by atoms with Crippen LogP contribution in [0.1, 0.15) is 12.0 Å². The van der Waals surface area contributed by atoms with E-state index in [1.54, 1.807) is 14.2 Å². The second-order valence-electron chi connectivity index (χ2n) is 9.29. The van der Waals surface area contributed by atoms with Gasteiger partial charge in [0.05, 0.1) is 14.2 Å². The van der Waals surface area contributed by atoms with E-state index in [9.17, 15) is 5.11 Å². The minimum atomic E-state index is -0.469. The van der Waals surface area contributed by atoms with Crippen LogP contribution in [0.5, 0.6) is 11.5 Å². The van der Waals surface area contributed by atoms with Crippen LogP contribution < -0.4 is 9.47 Å². The van der Waals surface area contributed by atoms with Crippen molar-refractivity contribution in [2.75, 3.05) is 20.8 Å². The summed E-state index contributed by atoms with van der Waals surface area (Å²) in [6.45, 7) is 0.948. The van der Waals surface area contributed by atoms with Crippen LogP contribution in [0.25, 0.3) is 0 Å². The molecule has 8 rings (SSSR count). The van der Waals surface area contributed by atoms with Gasteiger partial charge in [0.2, 0.25) is 0 Å². The zero-order valence-corrected chi connectivity index (χ0v) is 14.8. The summed E-state index contributed by atoms with van der Waals surface area (Å²) in [7, 11) is 3.40. The van der Waals surface area contributed by atoms with Gasteiger partial charge in [-0.3, -0.25) is 4.90 Å². The molecule has 132 valence electrons. The Hall–Kier alpha value is -1.26. The first-order valence-electron chi connectivity index (χ1n) is 9.90. The number of rotatable bonds is 5. The Kier molecular flexibility index (Phi) is 2.23. The van der Waals surface area contributed by atoms with Crippen LogP contribution >= 0.6 is 0 Å². The minimum absolute atomic E-state index is 0.469. The van der Waals surface area contributed by atoms with Gasteiger partial charge in [-0.1, -0.05) is 12.1 Å². The van der Waals surface area contributed by atoms with Crippen LogP contribution in [0.4, 0.5) is 0 Å². The SMILES string of the molecule is COc1cccc(CCN2[C@@H]3[C@H]4[C@H]5[C@@H]6C[C@@H]7[C@H]5[C@H]4[C@]2(O)[C@@H]7[C@@H]63)c1OC. The molecule has 2 aliphatic heterocycles. The lowest BCUT2D eigenvalue weighted by atomic mass is 9.59. The largest absolute Gasteiger partial charge is 0.493 e. The van der Waals surface area contributed by atoms with Crippen LogP contribution in [0.15, 0.2) is 18.2 Å². The Bertz CT molecular complexity index is 795. The Morgan fingerprint density at radius 2 is 1.96 bits per heavy atom. The Labute approximate surface area is 148 Å². The summed E-state index contributed by atoms with van der Waals surface area (Å²) in [4.78, 5) is 2.54. The molecule has 5 aliphatic carbocycles. The molecule has 10 atom stereocenters. The maximum atomic E-state index is 11.8. The number of para-hydroxylation sites is 1. The molecule has 0 spiro atoms. The van der Waals surface area contributed by atoms with E-state index in [1.807, 2.05) is 12.1 Å². The van der Waals surface area contributed by atoms with E-state index >= 15 is 0 Å². The van der Waals surface area contributed by atoms with Crippen molar-refractivity contribution < 1.29 is 14.6 Å². The highest BCUT2D eigenvalue weighted by Crippen LogP contribution is 2.90. The molecule has 4 bridgehead atoms. The number of aliphatic hydroxyl groups is 1. The van der Waals surface area contributed by atoms with Crippen LogP contribution in [-0.4, -0.2) is 42.5 Å². The van der Waals surface area contributed by atoms with Gasteiger partial charge in [-0.25, -0.2) is 0 Å². The van der Waals surface area contributed by atoms with Crippen LogP contribution in [0.3, 0.4) is 0 Å². The van der Waals surface area contributed by atoms with E-state index in [0.717, 1.165) is 60.0 Å². The predicted molar refractivity (Wildman–Crippen MR) is 91.2 cm³/mol. The van der Waals surface area contributed by atoms with Crippen molar-refractivity contribution >= 4 is 0 Å². The second-order valence-corrected chi connectivity index (χ2v) is 9.29. The molecule has 7 aliphatic rings. The highest BCUT2D eigenvalue weighted by molar-refractivity contribution is 5.47. The third-order valence-electron chi connectivity index (χ3n) is 9.32. The van der Waals surface area contributed by atoms with E-state index in [1.165, 1.54) is 12.0 Å². The van der Waals surface area contributed by atoms with Gasteiger partial charge in [-0.15, -0.1) is 0 Å². The van der Waals surface area contributed by atoms with E-state index in [-0.39, 0.29) is 0 Å². The van der Waals surface area contributed by atoms with Crippen molar-refractivity contribution in [1.82, 2.24) is 4.90 Å². The van der Waals surface area contributed by atoms with Crippen molar-refractivity contribution in [2.45, 2.75) is 24.6 Å². The monoisotopic (exact) mass is 339 g/mol. The van der Waals surface area contributed by atoms with Crippen molar-refractivity contribution in [3.63, 3.8) is 0 Å². The fourth-order valence-electron chi connectivity index (χ4n) is 9.26. The third kappa shape index (κ3) is 1.16. The fraction of sp³-hybridized carbons (Fsp3) is 0.714. The lowest BCUT2D eigenvalue weighted by molar-refractivity contribution is -0.130. The average molecular weight is 339 g/mol. The molecule has 0 radical (unpaired) electrons. The van der Waals surface area contributed by atoms with Crippen LogP contribution in [0.2, 0.25) is 0 Å². The standard InChI is InChI=1S/C21H25NO3/c1-24-12-5-3-4-9(20(12)25-2)6-7-22-19-15-10-8-11-14-13(10)16(19)18(14)21(22,23)17(11)15/h3-5,10-11,13-19,23H,6-8H2,1-2H3/t10-,11+,13-,14+,15+,16-,17-,18+,19-,21+/m0/s1. The van der Waals surface area contributed by atoms with Crippen molar-refractivity contribution in [3.8, 4) is 11.5 Å². The van der Waals surface area contributed by atoms with Gasteiger partial charge in [-0.05, 0) is 60.0 Å². The first-order chi connectivity index (χ1) is 12.2. The van der Waals surface area contributed by atoms with Gasteiger partial charge in [0.25, 0.3) is 0 Å². The quantitative estimate of drug-likeness (QED) is 0.891. The predicted octanol–water partition coefficient (Wildman–Crippen LogP) is 2.01. The summed E-state index contributed by atoms with van der Waals surface area (Å²) in [6, 6.07) is 6.80. The van der Waals surface area contributed by atoms with Gasteiger partial charge < -0.3 is 14.6 Å². The molecule has 25 heavy (non-hydrogen) atoms. The first kappa shape index (κ1) is 13.9. The molecule has 2 saturated heterocycles. The summed E-state index contributed by atoms with van der Waals surface area (Å²) in [5.74, 6) is 8.15. The van der Waals surface area contributed by atoms with Gasteiger partial charge in [0.15, 0.2) is 11.5 Å². The first-order valence-corrected chi connectivity index (χ1v) is 9.90. The Morgan fingerprint density at radius 1 is 1.08 bits per heavy atom. The molecule has 0 unspecified atom stereocenters. The van der Waals surface area contributed by atoms with Gasteiger partial charge in [-0.2, -0.15) is 0 Å². The van der Waals surface area contributed by atoms with Gasteiger partial charge in [0.1, 0.15) is 5.72 Å². The summed E-state index contributed by atoms with van der Waals surface area (Å²) in [6.07, 6.45) is 2.36. The molecule has 0 amide bonds. The molecule has 1 aromatic rings. The molecule has 0 aromatic heterocycles. The molecule has 1 aromatic carbocycles. The molecule has 2 heterocycles. The molecular formula is C21H25NO3. The van der Waals surface area contributed by atoms with Crippen LogP contribution in [0, 0.1) is 47.3 Å². The summed E-state index contributed by atoms with van der Waals surface area (Å²) in [5.41, 5.74) is 0.720. The highest BCUT2D eigenvalue weighted by atomic mass is 16.5. The summed E-state index contributed by atoms with van der Waals surface area (Å²) >= 11 is 0. The molecule has 5 saturated carbocycles. The average Bonchev–Trinajstić information content (AvgIpc) is 3.25. The number of nitrogens with zero attached hydrogens (tertiary/aromatic N) is 1. The van der Waals surface area contributed by atoms with E-state index in [4.69, 9.17) is 9.47 Å². The zero-order chi connectivity index (χ0) is 16.7. The normalized spacial score (nSPS) is 54.8. The van der Waals surface area contributed by atoms with Crippen LogP contribution in [-0.2, 0) is 6.42 Å². The highest BCUT2D eigenvalue weighted by Gasteiger charge is 2.93. The molecule has 7 fully saturated rings. The summed E-state index contributed by atoms with van der Waals surface area (Å²) < 4.78 is 11.1. The number of methoxy groups -OCH3 is 2. The topological polar surface area (TPSA) is 41.9 Å². The number of hydrogen-bond acceptors (Lipinski definition) is 4. The van der Waals surface area contributed by atoms with Crippen molar-refractivity contribution in [3.05, 3.63) is 23.8 Å². The maximum Gasteiger partial charge on any atom is 0.163 e. The van der Waals surface area contributed by atoms with E-state index in [2.05, 4.69) is 11.0 Å². The van der Waals surface area contributed by atoms with Gasteiger partial charge in [0, 0.05) is 24.4 Å². The molecule has 4 nitrogen and oxygen atoms in total. The molecule has 1 N–H and O–H groups in total. The van der Waals surface area contributed by atoms with Gasteiger partial charge >= 0.3 is 0 Å². The van der Waals surface area contributed by atoms with Crippen molar-refractivity contribution in [2.24, 2.45) is 47.3 Å². The van der Waals surface area contributed by atoms with Crippen molar-refractivity contribution in [1.29, 1.82) is 0 Å². The lowest BCUT2D eigenvalue weighted by Gasteiger charge is -2.45. The minimum Gasteiger partial charge on any atom is -0.493 e. The summed E-state index contributed by atoms with van der Waals surface area (Å²) in [5, 5.41) is 11.8. The second kappa shape index (κ2) is 4.01. The number of hydrogen-bond donors (Lipinski definition) is 1. The number of benzene rings is 1. The molecule has 4 heteroatoms. The molecular weight excluding hydrogens is 314 g/mol. The zero-order valence-electron chi connectivity index (χ0n) is 14.8. The maximum absolute atomic E-state index is 11.8. The fourth-order valence-corrected chi connectivity index (χ4v) is 9.26. The van der Waals surface area contributed by atoms with E-state index < -0.39 is 5.72 Å². The smallest absolute Gasteiger partial charge is 0.163 e. The Balaban J connectivity index is 1.22.